The van der Waals surface area contributed by atoms with Crippen LogP contribution in [0.25, 0.3) is 10.9 Å². The number of aromatic amines is 1. The molecule has 0 fully saturated rings. The van der Waals surface area contributed by atoms with Crippen LogP contribution in [-0.2, 0) is 6.42 Å². The summed E-state index contributed by atoms with van der Waals surface area (Å²) in [5.41, 5.74) is 4.73. The van der Waals surface area contributed by atoms with Crippen LogP contribution in [0.15, 0.2) is 59.7 Å². The van der Waals surface area contributed by atoms with Gasteiger partial charge in [-0.15, -0.1) is 23.2 Å². The van der Waals surface area contributed by atoms with Crippen LogP contribution in [0.4, 0.5) is 5.69 Å². The molecule has 26 heavy (non-hydrogen) atoms. The number of benzene rings is 2. The standard InChI is InChI=1S/C21H23Cl2N3/c22-10-13-26(14-11-23)19-7-5-17(6-8-19)15-24-12-9-18-16-25-21-4-2-1-3-20(18)21/h1-8,15-16,25H,9-14H2. The number of para-hydroxylation sites is 1. The number of hydrogen-bond acceptors (Lipinski definition) is 2. The van der Waals surface area contributed by atoms with Crippen molar-refractivity contribution in [3.05, 3.63) is 65.9 Å². The van der Waals surface area contributed by atoms with Crippen LogP contribution in [0.1, 0.15) is 11.1 Å². The molecule has 1 aromatic heterocycles. The number of aromatic nitrogens is 1. The van der Waals surface area contributed by atoms with E-state index < -0.39 is 0 Å². The molecule has 2 aromatic carbocycles. The Hall–Kier alpha value is -1.97. The number of nitrogens with one attached hydrogen (secondary N) is 1. The predicted octanol–water partition coefficient (Wildman–Crippen LogP) is 5.11. The quantitative estimate of drug-likeness (QED) is 0.401. The Labute approximate surface area is 164 Å². The number of fused-ring (bicyclic) bond motifs is 1. The highest BCUT2D eigenvalue weighted by Gasteiger charge is 2.05. The molecule has 0 spiro atoms. The number of aliphatic imine (C=N–C) groups is 1. The SMILES string of the molecule is ClCCN(CCCl)c1ccc(C=NCCc2c[nH]c3ccccc23)cc1. The molecule has 3 rings (SSSR count). The fourth-order valence-electron chi connectivity index (χ4n) is 3.04. The highest BCUT2D eigenvalue weighted by molar-refractivity contribution is 6.18. The van der Waals surface area contributed by atoms with E-state index in [2.05, 4.69) is 63.5 Å². The number of anilines is 1. The smallest absolute Gasteiger partial charge is 0.0456 e. The minimum atomic E-state index is 0.591. The Morgan fingerprint density at radius 1 is 0.962 bits per heavy atom. The van der Waals surface area contributed by atoms with Gasteiger partial charge in [-0.05, 0) is 35.7 Å². The molecule has 0 aliphatic rings. The highest BCUT2D eigenvalue weighted by Crippen LogP contribution is 2.18. The minimum absolute atomic E-state index is 0.591. The van der Waals surface area contributed by atoms with Gasteiger partial charge in [0.15, 0.2) is 0 Å². The van der Waals surface area contributed by atoms with E-state index in [0.717, 1.165) is 37.3 Å². The molecule has 0 unspecified atom stereocenters. The molecule has 136 valence electrons. The summed E-state index contributed by atoms with van der Waals surface area (Å²) < 4.78 is 0. The fraction of sp³-hybridized carbons (Fsp3) is 0.286. The lowest BCUT2D eigenvalue weighted by molar-refractivity contribution is 0.874. The molecule has 0 radical (unpaired) electrons. The molecule has 0 amide bonds. The summed E-state index contributed by atoms with van der Waals surface area (Å²) in [6.07, 6.45) is 4.95. The molecule has 0 saturated carbocycles. The van der Waals surface area contributed by atoms with Crippen molar-refractivity contribution in [1.29, 1.82) is 0 Å². The molecular formula is C21H23Cl2N3. The average molecular weight is 388 g/mol. The maximum absolute atomic E-state index is 5.87. The molecule has 1 N–H and O–H groups in total. The number of alkyl halides is 2. The molecule has 1 heterocycles. The molecule has 0 aliphatic heterocycles. The van der Waals surface area contributed by atoms with E-state index in [-0.39, 0.29) is 0 Å². The predicted molar refractivity (Wildman–Crippen MR) is 115 cm³/mol. The van der Waals surface area contributed by atoms with Gasteiger partial charge >= 0.3 is 0 Å². The van der Waals surface area contributed by atoms with Crippen LogP contribution in [-0.4, -0.2) is 42.6 Å². The van der Waals surface area contributed by atoms with Crippen molar-refractivity contribution in [3.8, 4) is 0 Å². The molecule has 3 aromatic rings. The van der Waals surface area contributed by atoms with Gasteiger partial charge in [-0.25, -0.2) is 0 Å². The van der Waals surface area contributed by atoms with E-state index in [1.807, 2.05) is 12.3 Å². The Balaban J connectivity index is 1.57. The van der Waals surface area contributed by atoms with Crippen molar-refractivity contribution in [2.75, 3.05) is 36.3 Å². The van der Waals surface area contributed by atoms with Gasteiger partial charge in [-0.3, -0.25) is 4.99 Å². The zero-order valence-corrected chi connectivity index (χ0v) is 16.2. The van der Waals surface area contributed by atoms with Crippen LogP contribution < -0.4 is 4.90 Å². The summed E-state index contributed by atoms with van der Waals surface area (Å²) in [6.45, 7) is 2.37. The Kier molecular flexibility index (Phi) is 6.98. The average Bonchev–Trinajstić information content (AvgIpc) is 3.09. The zero-order valence-electron chi connectivity index (χ0n) is 14.7. The van der Waals surface area contributed by atoms with E-state index in [0.29, 0.717) is 11.8 Å². The molecule has 0 atom stereocenters. The Morgan fingerprint density at radius 2 is 1.69 bits per heavy atom. The van der Waals surface area contributed by atoms with Crippen molar-refractivity contribution >= 4 is 46.0 Å². The molecule has 0 aliphatic carbocycles. The van der Waals surface area contributed by atoms with Crippen LogP contribution in [0.2, 0.25) is 0 Å². The van der Waals surface area contributed by atoms with E-state index in [1.54, 1.807) is 0 Å². The van der Waals surface area contributed by atoms with Gasteiger partial charge in [0, 0.05) is 60.4 Å². The molecule has 0 saturated heterocycles. The second-order valence-corrected chi connectivity index (χ2v) is 6.86. The molecule has 3 nitrogen and oxygen atoms in total. The summed E-state index contributed by atoms with van der Waals surface area (Å²) >= 11 is 11.7. The van der Waals surface area contributed by atoms with Crippen LogP contribution in [0.3, 0.4) is 0 Å². The highest BCUT2D eigenvalue weighted by atomic mass is 35.5. The van der Waals surface area contributed by atoms with Gasteiger partial charge < -0.3 is 9.88 Å². The molecular weight excluding hydrogens is 365 g/mol. The van der Waals surface area contributed by atoms with Gasteiger partial charge in [0.25, 0.3) is 0 Å². The van der Waals surface area contributed by atoms with Crippen LogP contribution in [0.5, 0.6) is 0 Å². The van der Waals surface area contributed by atoms with Crippen LogP contribution >= 0.6 is 23.2 Å². The van der Waals surface area contributed by atoms with Gasteiger partial charge in [-0.2, -0.15) is 0 Å². The summed E-state index contributed by atoms with van der Waals surface area (Å²) in [6, 6.07) is 16.7. The number of H-pyrrole nitrogens is 1. The second-order valence-electron chi connectivity index (χ2n) is 6.10. The monoisotopic (exact) mass is 387 g/mol. The van der Waals surface area contributed by atoms with Crippen molar-refractivity contribution in [3.63, 3.8) is 0 Å². The number of rotatable bonds is 9. The first-order valence-electron chi connectivity index (χ1n) is 8.83. The van der Waals surface area contributed by atoms with Gasteiger partial charge in [-0.1, -0.05) is 30.3 Å². The third-order valence-corrected chi connectivity index (χ3v) is 4.73. The van der Waals surface area contributed by atoms with Gasteiger partial charge in [0.05, 0.1) is 0 Å². The minimum Gasteiger partial charge on any atom is -0.369 e. The maximum Gasteiger partial charge on any atom is 0.0456 e. The van der Waals surface area contributed by atoms with Crippen molar-refractivity contribution in [1.82, 2.24) is 4.98 Å². The second kappa shape index (κ2) is 9.65. The first-order valence-corrected chi connectivity index (χ1v) is 9.90. The lowest BCUT2D eigenvalue weighted by atomic mass is 10.1. The topological polar surface area (TPSA) is 31.4 Å². The first kappa shape index (κ1) is 18.8. The molecule has 0 bridgehead atoms. The summed E-state index contributed by atoms with van der Waals surface area (Å²) in [5, 5.41) is 1.28. The zero-order chi connectivity index (χ0) is 18.2. The van der Waals surface area contributed by atoms with E-state index in [9.17, 15) is 0 Å². The van der Waals surface area contributed by atoms with Crippen LogP contribution in [0, 0.1) is 0 Å². The lowest BCUT2D eigenvalue weighted by Gasteiger charge is -2.22. The van der Waals surface area contributed by atoms with E-state index in [1.165, 1.54) is 16.5 Å². The summed E-state index contributed by atoms with van der Waals surface area (Å²) in [7, 11) is 0. The number of hydrogen-bond donors (Lipinski definition) is 1. The largest absolute Gasteiger partial charge is 0.369 e. The van der Waals surface area contributed by atoms with E-state index in [4.69, 9.17) is 23.2 Å². The van der Waals surface area contributed by atoms with Gasteiger partial charge in [0.2, 0.25) is 0 Å². The first-order chi connectivity index (χ1) is 12.8. The maximum atomic E-state index is 5.87. The number of nitrogens with zero attached hydrogens (tertiary/aromatic N) is 2. The van der Waals surface area contributed by atoms with Crippen molar-refractivity contribution in [2.24, 2.45) is 4.99 Å². The third-order valence-electron chi connectivity index (χ3n) is 4.39. The Morgan fingerprint density at radius 3 is 2.42 bits per heavy atom. The van der Waals surface area contributed by atoms with Gasteiger partial charge in [0.1, 0.15) is 0 Å². The fourth-order valence-corrected chi connectivity index (χ4v) is 3.45. The molecule has 5 heteroatoms. The number of halogens is 2. The lowest BCUT2D eigenvalue weighted by Crippen LogP contribution is -2.27. The van der Waals surface area contributed by atoms with Crippen molar-refractivity contribution < 1.29 is 0 Å². The Bertz CT molecular complexity index is 834. The normalized spacial score (nSPS) is 11.5. The van der Waals surface area contributed by atoms with Crippen molar-refractivity contribution in [2.45, 2.75) is 6.42 Å². The summed E-state index contributed by atoms with van der Waals surface area (Å²) in [5.74, 6) is 1.18. The van der Waals surface area contributed by atoms with E-state index >= 15 is 0 Å². The summed E-state index contributed by atoms with van der Waals surface area (Å²) in [4.78, 5) is 10.1. The third kappa shape index (κ3) is 4.80.